The van der Waals surface area contributed by atoms with Crippen LogP contribution < -0.4 is 4.74 Å². The quantitative estimate of drug-likeness (QED) is 0.545. The van der Waals surface area contributed by atoms with E-state index in [9.17, 15) is 8.42 Å². The van der Waals surface area contributed by atoms with Gasteiger partial charge in [-0.05, 0) is 43.8 Å². The third-order valence-electron chi connectivity index (χ3n) is 5.63. The maximum atomic E-state index is 13.3. The van der Waals surface area contributed by atoms with E-state index in [2.05, 4.69) is 11.9 Å². The van der Waals surface area contributed by atoms with Crippen LogP contribution in [0.3, 0.4) is 0 Å². The average molecular weight is 368 g/mol. The van der Waals surface area contributed by atoms with Crippen LogP contribution in [-0.2, 0) is 10.0 Å². The van der Waals surface area contributed by atoms with Crippen LogP contribution in [0, 0.1) is 0 Å². The first-order chi connectivity index (χ1) is 12.5. The molecule has 2 aliphatic rings. The molecule has 1 unspecified atom stereocenters. The molecule has 0 saturated carbocycles. The highest BCUT2D eigenvalue weighted by Gasteiger charge is 2.40. The molecule has 0 radical (unpaired) electrons. The molecule has 0 aliphatic carbocycles. The maximum absolute atomic E-state index is 13.3. The monoisotopic (exact) mass is 368 g/mol. The second kappa shape index (κ2) is 5.34. The van der Waals surface area contributed by atoms with E-state index in [0.29, 0.717) is 10.4 Å². The number of likely N-dealkylation sites (tertiary alicyclic amines) is 1. The van der Waals surface area contributed by atoms with Crippen molar-refractivity contribution in [2.45, 2.75) is 17.2 Å². The van der Waals surface area contributed by atoms with Gasteiger partial charge in [-0.1, -0.05) is 24.3 Å². The standard InChI is InChI=1S/C20H20N2O3S/c1-21-11-10-13(12-21)18-19-15(7-5-8-16(19)25-2)22-20(18)14-6-3-4-9-17(14)26(22,23)24/h3-9,13H,10-12H2,1-2H3. The highest BCUT2D eigenvalue weighted by atomic mass is 32.2. The zero-order valence-corrected chi connectivity index (χ0v) is 15.6. The summed E-state index contributed by atoms with van der Waals surface area (Å²) in [5, 5.41) is 0.934. The fourth-order valence-electron chi connectivity index (χ4n) is 4.54. The van der Waals surface area contributed by atoms with Crippen molar-refractivity contribution in [2.24, 2.45) is 0 Å². The van der Waals surface area contributed by atoms with Gasteiger partial charge >= 0.3 is 0 Å². The second-order valence-corrected chi connectivity index (χ2v) is 8.89. The lowest BCUT2D eigenvalue weighted by Crippen LogP contribution is -2.13. The first-order valence-electron chi connectivity index (χ1n) is 8.79. The lowest BCUT2D eigenvalue weighted by Gasteiger charge is -2.14. The molecule has 6 heteroatoms. The average Bonchev–Trinajstić information content (AvgIpc) is 3.28. The van der Waals surface area contributed by atoms with Crippen LogP contribution in [0.25, 0.3) is 22.2 Å². The zero-order valence-electron chi connectivity index (χ0n) is 14.8. The Labute approximate surface area is 152 Å². The van der Waals surface area contributed by atoms with Crippen molar-refractivity contribution in [3.8, 4) is 17.0 Å². The van der Waals surface area contributed by atoms with Crippen LogP contribution in [-0.4, -0.2) is 44.5 Å². The number of fused-ring (bicyclic) bond motifs is 5. The van der Waals surface area contributed by atoms with Gasteiger partial charge in [-0.2, -0.15) is 0 Å². The third kappa shape index (κ3) is 1.91. The smallest absolute Gasteiger partial charge is 0.269 e. The Balaban J connectivity index is 1.96. The van der Waals surface area contributed by atoms with E-state index in [-0.39, 0.29) is 5.92 Å². The van der Waals surface area contributed by atoms with Crippen LogP contribution in [0.1, 0.15) is 17.9 Å². The van der Waals surface area contributed by atoms with E-state index < -0.39 is 10.0 Å². The molecular formula is C20H20N2O3S. The van der Waals surface area contributed by atoms with Crippen molar-refractivity contribution in [1.82, 2.24) is 8.87 Å². The van der Waals surface area contributed by atoms with Crippen molar-refractivity contribution in [2.75, 3.05) is 27.2 Å². The molecule has 2 aliphatic heterocycles. The predicted molar refractivity (Wildman–Crippen MR) is 101 cm³/mol. The van der Waals surface area contributed by atoms with Gasteiger partial charge in [-0.3, -0.25) is 0 Å². The number of benzene rings is 2. The molecular weight excluding hydrogens is 348 g/mol. The Morgan fingerprint density at radius 3 is 2.65 bits per heavy atom. The second-order valence-electron chi connectivity index (χ2n) is 7.13. The number of ether oxygens (including phenoxy) is 1. The Kier molecular flexibility index (Phi) is 3.27. The molecule has 134 valence electrons. The van der Waals surface area contributed by atoms with Crippen molar-refractivity contribution in [3.05, 3.63) is 48.0 Å². The zero-order chi connectivity index (χ0) is 18.1. The van der Waals surface area contributed by atoms with Crippen LogP contribution in [0.2, 0.25) is 0 Å². The lowest BCUT2D eigenvalue weighted by atomic mass is 9.92. The number of hydrogen-bond acceptors (Lipinski definition) is 4. The van der Waals surface area contributed by atoms with E-state index in [4.69, 9.17) is 4.74 Å². The van der Waals surface area contributed by atoms with Gasteiger partial charge in [0.1, 0.15) is 5.75 Å². The van der Waals surface area contributed by atoms with Gasteiger partial charge in [0.15, 0.2) is 0 Å². The van der Waals surface area contributed by atoms with Gasteiger partial charge in [0.05, 0.1) is 23.2 Å². The van der Waals surface area contributed by atoms with Crippen LogP contribution in [0.15, 0.2) is 47.4 Å². The van der Waals surface area contributed by atoms with Crippen molar-refractivity contribution < 1.29 is 13.2 Å². The highest BCUT2D eigenvalue weighted by Crippen LogP contribution is 2.50. The summed E-state index contributed by atoms with van der Waals surface area (Å²) in [6, 6.07) is 13.0. The summed E-state index contributed by atoms with van der Waals surface area (Å²) in [6.07, 6.45) is 1.02. The summed E-state index contributed by atoms with van der Waals surface area (Å²) < 4.78 is 33.7. The number of nitrogens with zero attached hydrogens (tertiary/aromatic N) is 2. The van der Waals surface area contributed by atoms with Crippen LogP contribution in [0.5, 0.6) is 5.75 Å². The van der Waals surface area contributed by atoms with Gasteiger partial charge in [0, 0.05) is 23.4 Å². The number of aromatic nitrogens is 1. The number of methoxy groups -OCH3 is 1. The summed E-state index contributed by atoms with van der Waals surface area (Å²) >= 11 is 0. The predicted octanol–water partition coefficient (Wildman–Crippen LogP) is 3.29. The van der Waals surface area contributed by atoms with Gasteiger partial charge in [0.25, 0.3) is 10.0 Å². The summed E-state index contributed by atoms with van der Waals surface area (Å²) in [5.74, 6) is 1.03. The Hall–Kier alpha value is -2.31. The summed E-state index contributed by atoms with van der Waals surface area (Å²) in [4.78, 5) is 2.69. The molecule has 3 aromatic rings. The SMILES string of the molecule is COc1cccc2c1c(C1CCN(C)C1)c1n2S(=O)(=O)c2ccccc2-1. The summed E-state index contributed by atoms with van der Waals surface area (Å²) in [6.45, 7) is 1.94. The normalized spacial score (nSPS) is 21.1. The molecule has 3 heterocycles. The number of likely N-dealkylation sites (N-methyl/N-ethyl adjacent to an activating group) is 1. The van der Waals surface area contributed by atoms with Crippen molar-refractivity contribution in [1.29, 1.82) is 0 Å². The molecule has 1 atom stereocenters. The number of hydrogen-bond donors (Lipinski definition) is 0. The van der Waals surface area contributed by atoms with Crippen LogP contribution >= 0.6 is 0 Å². The Morgan fingerprint density at radius 1 is 1.12 bits per heavy atom. The Morgan fingerprint density at radius 2 is 1.92 bits per heavy atom. The molecule has 0 amide bonds. The fourth-order valence-corrected chi connectivity index (χ4v) is 6.27. The molecule has 0 N–H and O–H groups in total. The molecule has 1 fully saturated rings. The van der Waals surface area contributed by atoms with Gasteiger partial charge < -0.3 is 9.64 Å². The van der Waals surface area contributed by atoms with E-state index in [0.717, 1.165) is 47.5 Å². The molecule has 0 bridgehead atoms. The molecule has 26 heavy (non-hydrogen) atoms. The minimum atomic E-state index is -3.59. The lowest BCUT2D eigenvalue weighted by molar-refractivity contribution is 0.411. The van der Waals surface area contributed by atoms with E-state index in [1.807, 2.05) is 30.3 Å². The molecule has 5 rings (SSSR count). The molecule has 2 aromatic carbocycles. The highest BCUT2D eigenvalue weighted by molar-refractivity contribution is 7.90. The van der Waals surface area contributed by atoms with E-state index in [1.165, 1.54) is 3.97 Å². The van der Waals surface area contributed by atoms with Gasteiger partial charge in [-0.15, -0.1) is 0 Å². The van der Waals surface area contributed by atoms with Crippen molar-refractivity contribution >= 4 is 20.9 Å². The minimum Gasteiger partial charge on any atom is -0.496 e. The summed E-state index contributed by atoms with van der Waals surface area (Å²) in [7, 11) is 0.164. The third-order valence-corrected chi connectivity index (χ3v) is 7.40. The minimum absolute atomic E-state index is 0.288. The fraction of sp³-hybridized carbons (Fsp3) is 0.300. The van der Waals surface area contributed by atoms with Crippen LogP contribution in [0.4, 0.5) is 0 Å². The van der Waals surface area contributed by atoms with E-state index in [1.54, 1.807) is 19.2 Å². The summed E-state index contributed by atoms with van der Waals surface area (Å²) in [5.41, 5.74) is 3.44. The topological polar surface area (TPSA) is 51.5 Å². The Bertz CT molecular complexity index is 1150. The first-order valence-corrected chi connectivity index (χ1v) is 10.2. The number of rotatable bonds is 2. The first kappa shape index (κ1) is 15.9. The van der Waals surface area contributed by atoms with Gasteiger partial charge in [-0.25, -0.2) is 12.4 Å². The molecule has 5 nitrogen and oxygen atoms in total. The largest absolute Gasteiger partial charge is 0.496 e. The molecule has 1 saturated heterocycles. The van der Waals surface area contributed by atoms with E-state index >= 15 is 0 Å². The molecule has 0 spiro atoms. The van der Waals surface area contributed by atoms with Crippen molar-refractivity contribution in [3.63, 3.8) is 0 Å². The van der Waals surface area contributed by atoms with Gasteiger partial charge in [0.2, 0.25) is 0 Å². The molecule has 1 aromatic heterocycles. The maximum Gasteiger partial charge on any atom is 0.269 e.